The van der Waals surface area contributed by atoms with Crippen LogP contribution in [0.3, 0.4) is 0 Å². The van der Waals surface area contributed by atoms with Crippen molar-refractivity contribution in [3.8, 4) is 0 Å². The van der Waals surface area contributed by atoms with Crippen molar-refractivity contribution in [2.75, 3.05) is 19.6 Å². The second-order valence-corrected chi connectivity index (χ2v) is 5.66. The van der Waals surface area contributed by atoms with E-state index in [0.717, 1.165) is 13.1 Å². The molecular formula is C16H24N2. The van der Waals surface area contributed by atoms with Crippen LogP contribution in [0, 0.1) is 0 Å². The Labute approximate surface area is 110 Å². The molecule has 1 saturated heterocycles. The van der Waals surface area contributed by atoms with Crippen LogP contribution in [0.4, 0.5) is 0 Å². The average molecular weight is 244 g/mol. The largest absolute Gasteiger partial charge is 0.309 e. The van der Waals surface area contributed by atoms with Gasteiger partial charge in [-0.1, -0.05) is 31.0 Å². The molecule has 0 aromatic heterocycles. The quantitative estimate of drug-likeness (QED) is 0.879. The molecule has 2 nitrogen and oxygen atoms in total. The summed E-state index contributed by atoms with van der Waals surface area (Å²) in [7, 11) is 0. The molecule has 1 fully saturated rings. The molecule has 0 spiro atoms. The first-order valence-electron chi connectivity index (χ1n) is 7.46. The third kappa shape index (κ3) is 2.76. The highest BCUT2D eigenvalue weighted by atomic mass is 15.1. The first-order valence-corrected chi connectivity index (χ1v) is 7.46. The maximum atomic E-state index is 3.46. The summed E-state index contributed by atoms with van der Waals surface area (Å²) in [5.74, 6) is 0. The molecular weight excluding hydrogens is 220 g/mol. The lowest BCUT2D eigenvalue weighted by atomic mass is 10.0. The van der Waals surface area contributed by atoms with Gasteiger partial charge in [-0.05, 0) is 49.0 Å². The topological polar surface area (TPSA) is 15.3 Å². The van der Waals surface area contributed by atoms with E-state index in [4.69, 9.17) is 0 Å². The van der Waals surface area contributed by atoms with Gasteiger partial charge in [-0.3, -0.25) is 0 Å². The van der Waals surface area contributed by atoms with Crippen molar-refractivity contribution in [1.29, 1.82) is 0 Å². The van der Waals surface area contributed by atoms with Crippen molar-refractivity contribution in [3.63, 3.8) is 0 Å². The zero-order valence-corrected chi connectivity index (χ0v) is 11.3. The third-order valence-corrected chi connectivity index (χ3v) is 4.38. The summed E-state index contributed by atoms with van der Waals surface area (Å²) < 4.78 is 0. The molecule has 0 amide bonds. The molecule has 0 bridgehead atoms. The van der Waals surface area contributed by atoms with Crippen molar-refractivity contribution in [1.82, 2.24) is 10.2 Å². The van der Waals surface area contributed by atoms with Gasteiger partial charge in [-0.25, -0.2) is 0 Å². The highest BCUT2D eigenvalue weighted by Crippen LogP contribution is 2.20. The van der Waals surface area contributed by atoms with E-state index in [1.807, 2.05) is 0 Å². The van der Waals surface area contributed by atoms with Crippen molar-refractivity contribution in [2.24, 2.45) is 0 Å². The Kier molecular flexibility index (Phi) is 3.96. The molecule has 2 heterocycles. The number of hydrogen-bond donors (Lipinski definition) is 1. The van der Waals surface area contributed by atoms with Crippen molar-refractivity contribution < 1.29 is 0 Å². The number of nitrogens with one attached hydrogen (secondary N) is 1. The number of rotatable bonds is 3. The van der Waals surface area contributed by atoms with Crippen molar-refractivity contribution in [2.45, 2.75) is 45.2 Å². The van der Waals surface area contributed by atoms with Gasteiger partial charge in [-0.15, -0.1) is 0 Å². The van der Waals surface area contributed by atoms with Crippen molar-refractivity contribution in [3.05, 3.63) is 34.9 Å². The first kappa shape index (κ1) is 12.2. The van der Waals surface area contributed by atoms with E-state index in [1.54, 1.807) is 11.1 Å². The molecule has 2 aliphatic rings. The molecule has 0 atom stereocenters. The Morgan fingerprint density at radius 3 is 2.67 bits per heavy atom. The van der Waals surface area contributed by atoms with E-state index in [2.05, 4.69) is 28.4 Å². The summed E-state index contributed by atoms with van der Waals surface area (Å²) in [4.78, 5) is 2.66. The van der Waals surface area contributed by atoms with Gasteiger partial charge in [0, 0.05) is 19.6 Å². The maximum absolute atomic E-state index is 3.46. The van der Waals surface area contributed by atoms with E-state index in [1.165, 1.54) is 57.3 Å². The molecule has 2 heteroatoms. The fraction of sp³-hybridized carbons (Fsp3) is 0.625. The van der Waals surface area contributed by atoms with E-state index in [-0.39, 0.29) is 0 Å². The van der Waals surface area contributed by atoms with Gasteiger partial charge in [0.15, 0.2) is 0 Å². The fourth-order valence-electron chi connectivity index (χ4n) is 3.28. The molecule has 98 valence electrons. The number of benzene rings is 1. The fourth-order valence-corrected chi connectivity index (χ4v) is 3.28. The van der Waals surface area contributed by atoms with Gasteiger partial charge >= 0.3 is 0 Å². The summed E-state index contributed by atoms with van der Waals surface area (Å²) in [6, 6.07) is 6.82. The second-order valence-electron chi connectivity index (χ2n) is 5.66. The Balaban J connectivity index is 1.61. The summed E-state index contributed by atoms with van der Waals surface area (Å²) in [5, 5.41) is 3.46. The highest BCUT2D eigenvalue weighted by molar-refractivity contribution is 5.37. The van der Waals surface area contributed by atoms with Crippen LogP contribution in [-0.2, 0) is 19.5 Å². The Bertz CT molecular complexity index is 392. The predicted octanol–water partition coefficient (Wildman–Crippen LogP) is 2.71. The standard InChI is InChI=1S/C16H24N2/c1-2-4-10-18(9-3-1)11-8-14-6-5-7-15-12-17-13-16(14)15/h5-7,17H,1-4,8-13H2. The average Bonchev–Trinajstić information content (AvgIpc) is 2.73. The Morgan fingerprint density at radius 2 is 1.83 bits per heavy atom. The molecule has 2 aliphatic heterocycles. The molecule has 3 rings (SSSR count). The van der Waals surface area contributed by atoms with Gasteiger partial charge in [0.2, 0.25) is 0 Å². The monoisotopic (exact) mass is 244 g/mol. The van der Waals surface area contributed by atoms with Crippen LogP contribution >= 0.6 is 0 Å². The third-order valence-electron chi connectivity index (χ3n) is 4.38. The van der Waals surface area contributed by atoms with Crippen molar-refractivity contribution >= 4 is 0 Å². The smallest absolute Gasteiger partial charge is 0.0214 e. The first-order chi connectivity index (χ1) is 8.93. The van der Waals surface area contributed by atoms with Gasteiger partial charge in [0.05, 0.1) is 0 Å². The van der Waals surface area contributed by atoms with E-state index < -0.39 is 0 Å². The molecule has 0 radical (unpaired) electrons. The molecule has 1 aromatic rings. The van der Waals surface area contributed by atoms with Gasteiger partial charge in [0.25, 0.3) is 0 Å². The minimum Gasteiger partial charge on any atom is -0.309 e. The minimum absolute atomic E-state index is 1.06. The van der Waals surface area contributed by atoms with Crippen LogP contribution in [0.2, 0.25) is 0 Å². The van der Waals surface area contributed by atoms with E-state index in [0.29, 0.717) is 0 Å². The van der Waals surface area contributed by atoms with Gasteiger partial charge in [0.1, 0.15) is 0 Å². The molecule has 0 saturated carbocycles. The summed E-state index contributed by atoms with van der Waals surface area (Å²) in [6.45, 7) is 6.01. The maximum Gasteiger partial charge on any atom is 0.0214 e. The molecule has 1 aromatic carbocycles. The molecule has 0 aliphatic carbocycles. The van der Waals surface area contributed by atoms with Crippen LogP contribution in [-0.4, -0.2) is 24.5 Å². The zero-order chi connectivity index (χ0) is 12.2. The van der Waals surface area contributed by atoms with Crippen LogP contribution in [0.1, 0.15) is 42.4 Å². The van der Waals surface area contributed by atoms with Crippen LogP contribution < -0.4 is 5.32 Å². The molecule has 18 heavy (non-hydrogen) atoms. The minimum atomic E-state index is 1.06. The highest BCUT2D eigenvalue weighted by Gasteiger charge is 2.14. The number of fused-ring (bicyclic) bond motifs is 1. The van der Waals surface area contributed by atoms with Crippen LogP contribution in [0.5, 0.6) is 0 Å². The normalized spacial score (nSPS) is 20.7. The second kappa shape index (κ2) is 5.85. The predicted molar refractivity (Wildman–Crippen MR) is 75.6 cm³/mol. The van der Waals surface area contributed by atoms with Gasteiger partial charge in [-0.2, -0.15) is 0 Å². The number of likely N-dealkylation sites (tertiary alicyclic amines) is 1. The number of nitrogens with zero attached hydrogens (tertiary/aromatic N) is 1. The van der Waals surface area contributed by atoms with Crippen LogP contribution in [0.25, 0.3) is 0 Å². The zero-order valence-electron chi connectivity index (χ0n) is 11.3. The van der Waals surface area contributed by atoms with E-state index >= 15 is 0 Å². The van der Waals surface area contributed by atoms with Crippen LogP contribution in [0.15, 0.2) is 18.2 Å². The van der Waals surface area contributed by atoms with E-state index in [9.17, 15) is 0 Å². The lowest BCUT2D eigenvalue weighted by molar-refractivity contribution is 0.288. The summed E-state index contributed by atoms with van der Waals surface area (Å²) in [6.07, 6.45) is 6.88. The van der Waals surface area contributed by atoms with Gasteiger partial charge < -0.3 is 10.2 Å². The SMILES string of the molecule is c1cc(CCN2CCCCCC2)c2c(c1)CNC2. The lowest BCUT2D eigenvalue weighted by Gasteiger charge is -2.20. The summed E-state index contributed by atoms with van der Waals surface area (Å²) in [5.41, 5.74) is 4.66. The lowest BCUT2D eigenvalue weighted by Crippen LogP contribution is -2.27. The molecule has 0 unspecified atom stereocenters. The Hall–Kier alpha value is -0.860. The number of hydrogen-bond acceptors (Lipinski definition) is 2. The molecule has 1 N–H and O–H groups in total. The summed E-state index contributed by atoms with van der Waals surface area (Å²) >= 11 is 0. The Morgan fingerprint density at radius 1 is 1.00 bits per heavy atom.